The van der Waals surface area contributed by atoms with Crippen LogP contribution in [0, 0.1) is 0 Å². The average Bonchev–Trinajstić information content (AvgIpc) is 2.01. The van der Waals surface area contributed by atoms with Crippen molar-refractivity contribution in [2.45, 2.75) is 13.3 Å². The molecule has 1 rings (SSSR count). The summed E-state index contributed by atoms with van der Waals surface area (Å²) < 4.78 is 5.36. The number of benzene rings is 1. The molecule has 0 heterocycles. The molecule has 2 N–H and O–H groups in total. The Morgan fingerprint density at radius 1 is 1.31 bits per heavy atom. The van der Waals surface area contributed by atoms with Crippen LogP contribution >= 0.6 is 0 Å². The second-order valence-corrected chi connectivity index (χ2v) is 2.42. The standard InChI is InChI=1S/C9H11BO.2H2O/c1-2-6-11-9-5-3-4-8(10)7-9;;/h3-5,7H,2,6H2,1H3;2*1H2/q+2;;/p-2. The van der Waals surface area contributed by atoms with E-state index in [0.29, 0.717) is 0 Å². The van der Waals surface area contributed by atoms with Crippen LogP contribution in [-0.4, -0.2) is 25.4 Å². The van der Waals surface area contributed by atoms with Crippen molar-refractivity contribution in [3.8, 4) is 5.75 Å². The van der Waals surface area contributed by atoms with E-state index in [1.54, 1.807) is 0 Å². The SMILES string of the molecule is [B+2]c1cccc(OCCC)c1.[OH-].[OH-]. The van der Waals surface area contributed by atoms with Gasteiger partial charge in [-0.3, -0.25) is 0 Å². The fraction of sp³-hybridized carbons (Fsp3) is 0.333. The summed E-state index contributed by atoms with van der Waals surface area (Å²) in [6.45, 7) is 2.83. The van der Waals surface area contributed by atoms with Gasteiger partial charge in [-0.25, -0.2) is 0 Å². The van der Waals surface area contributed by atoms with Crippen LogP contribution in [0.25, 0.3) is 0 Å². The van der Waals surface area contributed by atoms with E-state index in [2.05, 4.69) is 6.92 Å². The van der Waals surface area contributed by atoms with Crippen molar-refractivity contribution in [1.82, 2.24) is 0 Å². The summed E-state index contributed by atoms with van der Waals surface area (Å²) in [6.07, 6.45) is 1.02. The Kier molecular flexibility index (Phi) is 8.54. The van der Waals surface area contributed by atoms with Crippen molar-refractivity contribution < 1.29 is 15.7 Å². The summed E-state index contributed by atoms with van der Waals surface area (Å²) in [7, 11) is 5.55. The molecule has 0 aliphatic heterocycles. The van der Waals surface area contributed by atoms with Gasteiger partial charge in [0.15, 0.2) is 0 Å². The Hall–Kier alpha value is -0.995. The molecular formula is C9H13BO3. The van der Waals surface area contributed by atoms with Crippen LogP contribution in [0.5, 0.6) is 5.75 Å². The summed E-state index contributed by atoms with van der Waals surface area (Å²) in [6, 6.07) is 7.47. The summed E-state index contributed by atoms with van der Waals surface area (Å²) in [4.78, 5) is 0. The van der Waals surface area contributed by atoms with Crippen molar-refractivity contribution in [1.29, 1.82) is 0 Å². The Bertz CT molecular complexity index is 228. The van der Waals surface area contributed by atoms with Crippen LogP contribution < -0.4 is 10.2 Å². The van der Waals surface area contributed by atoms with Gasteiger partial charge in [-0.2, -0.15) is 0 Å². The predicted molar refractivity (Wildman–Crippen MR) is 51.5 cm³/mol. The zero-order valence-corrected chi connectivity index (χ0v) is 7.60. The van der Waals surface area contributed by atoms with E-state index in [9.17, 15) is 0 Å². The van der Waals surface area contributed by atoms with Crippen LogP contribution in [0.2, 0.25) is 0 Å². The summed E-state index contributed by atoms with van der Waals surface area (Å²) in [5, 5.41) is 0. The molecule has 0 amide bonds. The predicted octanol–water partition coefficient (Wildman–Crippen LogP) is 0.916. The first-order chi connectivity index (χ1) is 5.33. The number of ether oxygens (including phenoxy) is 1. The molecule has 0 bridgehead atoms. The quantitative estimate of drug-likeness (QED) is 0.649. The van der Waals surface area contributed by atoms with Gasteiger partial charge in [0.25, 0.3) is 0 Å². The van der Waals surface area contributed by atoms with Gasteiger partial charge in [-0.15, -0.1) is 0 Å². The molecule has 0 atom stereocenters. The van der Waals surface area contributed by atoms with Gasteiger partial charge in [0.05, 0.1) is 0 Å². The van der Waals surface area contributed by atoms with Crippen molar-refractivity contribution in [2.75, 3.05) is 6.61 Å². The summed E-state index contributed by atoms with van der Waals surface area (Å²) in [5.74, 6) is 0.854. The average molecular weight is 180 g/mol. The fourth-order valence-electron chi connectivity index (χ4n) is 0.824. The molecule has 0 saturated carbocycles. The van der Waals surface area contributed by atoms with E-state index >= 15 is 0 Å². The van der Waals surface area contributed by atoms with Gasteiger partial charge in [-0.1, -0.05) is 0 Å². The molecule has 0 aliphatic rings. The third kappa shape index (κ3) is 5.28. The number of rotatable bonds is 3. The molecule has 0 fully saturated rings. The maximum absolute atomic E-state index is 5.55. The largest absolute Gasteiger partial charge is 0.870 e. The smallest absolute Gasteiger partial charge is 0.870 e. The van der Waals surface area contributed by atoms with Crippen molar-refractivity contribution >= 4 is 13.3 Å². The van der Waals surface area contributed by atoms with E-state index in [0.717, 1.165) is 24.2 Å². The molecule has 1 aromatic rings. The minimum absolute atomic E-state index is 0. The van der Waals surface area contributed by atoms with Gasteiger partial charge in [0.1, 0.15) is 0 Å². The second-order valence-electron chi connectivity index (χ2n) is 2.42. The van der Waals surface area contributed by atoms with E-state index in [4.69, 9.17) is 12.6 Å². The third-order valence-electron chi connectivity index (χ3n) is 1.33. The Morgan fingerprint density at radius 3 is 2.54 bits per heavy atom. The topological polar surface area (TPSA) is 69.2 Å². The first-order valence-corrected chi connectivity index (χ1v) is 3.81. The van der Waals surface area contributed by atoms with E-state index in [1.807, 2.05) is 24.3 Å². The first-order valence-electron chi connectivity index (χ1n) is 3.81. The summed E-state index contributed by atoms with van der Waals surface area (Å²) in [5.41, 5.74) is 0.749. The fourth-order valence-corrected chi connectivity index (χ4v) is 0.824. The van der Waals surface area contributed by atoms with Crippen LogP contribution in [0.15, 0.2) is 24.3 Å². The minimum atomic E-state index is 0. The van der Waals surface area contributed by atoms with Gasteiger partial charge in [-0.05, 0) is 0 Å². The van der Waals surface area contributed by atoms with Gasteiger partial charge in [0, 0.05) is 0 Å². The molecule has 0 unspecified atom stereocenters. The molecule has 0 aromatic heterocycles. The Morgan fingerprint density at radius 2 is 2.00 bits per heavy atom. The first kappa shape index (κ1) is 14.5. The maximum Gasteiger partial charge on any atom is -0.870 e. The molecule has 0 radical (unpaired) electrons. The molecule has 0 spiro atoms. The van der Waals surface area contributed by atoms with E-state index in [-0.39, 0.29) is 11.0 Å². The number of hydrogen-bond donors (Lipinski definition) is 0. The zero-order valence-electron chi connectivity index (χ0n) is 7.60. The molecule has 3 nitrogen and oxygen atoms in total. The van der Waals surface area contributed by atoms with Crippen molar-refractivity contribution in [2.24, 2.45) is 0 Å². The van der Waals surface area contributed by atoms with Gasteiger partial charge in [0.2, 0.25) is 0 Å². The third-order valence-corrected chi connectivity index (χ3v) is 1.33. The summed E-state index contributed by atoms with van der Waals surface area (Å²) >= 11 is 0. The zero-order chi connectivity index (χ0) is 8.10. The van der Waals surface area contributed by atoms with Crippen LogP contribution in [0.1, 0.15) is 13.3 Å². The molecule has 0 saturated heterocycles. The van der Waals surface area contributed by atoms with Gasteiger partial charge < -0.3 is 11.0 Å². The van der Waals surface area contributed by atoms with Crippen LogP contribution in [0.3, 0.4) is 0 Å². The Balaban J connectivity index is 0. The molecular weight excluding hydrogens is 167 g/mol. The van der Waals surface area contributed by atoms with E-state index < -0.39 is 0 Å². The van der Waals surface area contributed by atoms with Gasteiger partial charge >= 0.3 is 68.0 Å². The molecule has 4 heteroatoms. The normalized spacial score (nSPS) is 8.23. The monoisotopic (exact) mass is 180 g/mol. The maximum atomic E-state index is 5.55. The Labute approximate surface area is 79.8 Å². The molecule has 1 aromatic carbocycles. The van der Waals surface area contributed by atoms with Crippen LogP contribution in [-0.2, 0) is 0 Å². The second kappa shape index (κ2) is 7.64. The number of hydrogen-bond acceptors (Lipinski definition) is 3. The van der Waals surface area contributed by atoms with Crippen molar-refractivity contribution in [3.63, 3.8) is 0 Å². The van der Waals surface area contributed by atoms with Crippen molar-refractivity contribution in [3.05, 3.63) is 24.3 Å². The minimum Gasteiger partial charge on any atom is -0.870 e. The molecule has 70 valence electrons. The molecule has 13 heavy (non-hydrogen) atoms. The molecule has 0 aliphatic carbocycles. The van der Waals surface area contributed by atoms with Crippen LogP contribution in [0.4, 0.5) is 0 Å². The van der Waals surface area contributed by atoms with E-state index in [1.165, 1.54) is 0 Å².